The second kappa shape index (κ2) is 8.08. The van der Waals surface area contributed by atoms with Crippen LogP contribution in [0.25, 0.3) is 0 Å². The van der Waals surface area contributed by atoms with Gasteiger partial charge < -0.3 is 18.9 Å². The molecule has 6 heteroatoms. The third-order valence-electron chi connectivity index (χ3n) is 4.09. The molecule has 1 amide bonds. The van der Waals surface area contributed by atoms with Gasteiger partial charge in [-0.15, -0.1) is 0 Å². The van der Waals surface area contributed by atoms with Gasteiger partial charge in [0.15, 0.2) is 0 Å². The zero-order valence-electron chi connectivity index (χ0n) is 13.9. The van der Waals surface area contributed by atoms with E-state index in [0.717, 1.165) is 17.8 Å². The molecule has 3 rings (SSSR count). The van der Waals surface area contributed by atoms with Gasteiger partial charge in [-0.05, 0) is 30.7 Å². The van der Waals surface area contributed by atoms with Crippen molar-refractivity contribution < 1.29 is 14.3 Å². The van der Waals surface area contributed by atoms with E-state index in [9.17, 15) is 4.79 Å². The van der Waals surface area contributed by atoms with Gasteiger partial charge in [0.25, 0.3) is 0 Å². The summed E-state index contributed by atoms with van der Waals surface area (Å²) in [7, 11) is 0. The van der Waals surface area contributed by atoms with E-state index in [2.05, 4.69) is 9.55 Å². The summed E-state index contributed by atoms with van der Waals surface area (Å²) in [5.74, 6) is 0.00137. The highest BCUT2D eigenvalue weighted by Gasteiger charge is 2.25. The predicted octanol–water partition coefficient (Wildman–Crippen LogP) is 1.85. The second-order valence-electron chi connectivity index (χ2n) is 5.86. The average molecular weight is 329 g/mol. The van der Waals surface area contributed by atoms with Crippen molar-refractivity contribution in [3.63, 3.8) is 0 Å². The van der Waals surface area contributed by atoms with Crippen LogP contribution in [0, 0.1) is 0 Å². The smallest absolute Gasteiger partial charge is 0.249 e. The standard InChI is InChI=1S/C18H23N3O3/c1-2-23-14-18(22)21-10-16-6-4-8-20(16)11-17(12-21)24-13-15-5-3-7-19-9-15/h3-9,17H,2,10-14H2,1H3/t17-/m1/s1. The Morgan fingerprint density at radius 1 is 1.33 bits per heavy atom. The zero-order chi connectivity index (χ0) is 16.8. The van der Waals surface area contributed by atoms with Crippen LogP contribution in [0.4, 0.5) is 0 Å². The monoisotopic (exact) mass is 329 g/mol. The molecule has 0 spiro atoms. The zero-order valence-corrected chi connectivity index (χ0v) is 13.9. The van der Waals surface area contributed by atoms with Crippen LogP contribution in [0.1, 0.15) is 18.2 Å². The number of carbonyl (C=O) groups excluding carboxylic acids is 1. The van der Waals surface area contributed by atoms with Crippen LogP contribution in [-0.4, -0.2) is 46.2 Å². The maximum atomic E-state index is 12.4. The van der Waals surface area contributed by atoms with Gasteiger partial charge in [-0.3, -0.25) is 9.78 Å². The van der Waals surface area contributed by atoms with Crippen LogP contribution in [0.15, 0.2) is 42.9 Å². The lowest BCUT2D eigenvalue weighted by Gasteiger charge is -2.24. The minimum Gasteiger partial charge on any atom is -0.372 e. The Balaban J connectivity index is 1.68. The SMILES string of the molecule is CCOCC(=O)N1Cc2cccn2C[C@@H](OCc2cccnc2)C1. The molecule has 0 N–H and O–H groups in total. The van der Waals surface area contributed by atoms with Crippen LogP contribution in [0.5, 0.6) is 0 Å². The summed E-state index contributed by atoms with van der Waals surface area (Å²) in [6.07, 6.45) is 5.52. The molecule has 2 aromatic rings. The largest absolute Gasteiger partial charge is 0.372 e. The molecule has 0 aromatic carbocycles. The molecule has 0 bridgehead atoms. The number of nitrogens with zero attached hydrogens (tertiary/aromatic N) is 3. The highest BCUT2D eigenvalue weighted by atomic mass is 16.5. The molecule has 1 aliphatic heterocycles. The molecule has 0 saturated carbocycles. The molecule has 0 saturated heterocycles. The maximum Gasteiger partial charge on any atom is 0.249 e. The van der Waals surface area contributed by atoms with E-state index in [1.807, 2.05) is 42.3 Å². The fourth-order valence-electron chi connectivity index (χ4n) is 2.83. The second-order valence-corrected chi connectivity index (χ2v) is 5.86. The van der Waals surface area contributed by atoms with Crippen LogP contribution < -0.4 is 0 Å². The molecule has 3 heterocycles. The topological polar surface area (TPSA) is 56.6 Å². The van der Waals surface area contributed by atoms with Gasteiger partial charge in [-0.25, -0.2) is 0 Å². The summed E-state index contributed by atoms with van der Waals surface area (Å²) in [6.45, 7) is 4.92. The molecule has 0 radical (unpaired) electrons. The number of carbonyl (C=O) groups is 1. The number of aromatic nitrogens is 2. The molecule has 128 valence electrons. The van der Waals surface area contributed by atoms with Crippen LogP contribution >= 0.6 is 0 Å². The molecule has 24 heavy (non-hydrogen) atoms. The van der Waals surface area contributed by atoms with Crippen molar-refractivity contribution >= 4 is 5.91 Å². The predicted molar refractivity (Wildman–Crippen MR) is 89.2 cm³/mol. The maximum absolute atomic E-state index is 12.4. The first kappa shape index (κ1) is 16.7. The highest BCUT2D eigenvalue weighted by Crippen LogP contribution is 2.16. The fraction of sp³-hybridized carbons (Fsp3) is 0.444. The molecule has 2 aromatic heterocycles. The Hall–Kier alpha value is -2.18. The third kappa shape index (κ3) is 4.21. The van der Waals surface area contributed by atoms with E-state index in [1.54, 1.807) is 12.4 Å². The van der Waals surface area contributed by atoms with Gasteiger partial charge >= 0.3 is 0 Å². The summed E-state index contributed by atoms with van der Waals surface area (Å²) in [5.41, 5.74) is 2.15. The number of hydrogen-bond acceptors (Lipinski definition) is 4. The molecule has 0 fully saturated rings. The van der Waals surface area contributed by atoms with E-state index >= 15 is 0 Å². The number of fused-ring (bicyclic) bond motifs is 1. The average Bonchev–Trinajstić information content (AvgIpc) is 2.96. The van der Waals surface area contributed by atoms with Crippen molar-refractivity contribution in [1.82, 2.24) is 14.5 Å². The molecule has 1 aliphatic rings. The fourth-order valence-corrected chi connectivity index (χ4v) is 2.83. The van der Waals surface area contributed by atoms with E-state index < -0.39 is 0 Å². The van der Waals surface area contributed by atoms with Gasteiger partial charge in [0.2, 0.25) is 5.91 Å². The minimum absolute atomic E-state index is 0.00137. The van der Waals surface area contributed by atoms with Gasteiger partial charge in [0.05, 0.1) is 25.8 Å². The number of ether oxygens (including phenoxy) is 2. The Bertz CT molecular complexity index is 657. The molecule has 1 atom stereocenters. The van der Waals surface area contributed by atoms with Gasteiger partial charge in [-0.2, -0.15) is 0 Å². The number of rotatable bonds is 6. The lowest BCUT2D eigenvalue weighted by molar-refractivity contribution is -0.138. The van der Waals surface area contributed by atoms with Gasteiger partial charge in [-0.1, -0.05) is 6.07 Å². The van der Waals surface area contributed by atoms with E-state index in [1.165, 1.54) is 0 Å². The van der Waals surface area contributed by atoms with Gasteiger partial charge in [0.1, 0.15) is 6.61 Å². The van der Waals surface area contributed by atoms with Crippen LogP contribution in [0.2, 0.25) is 0 Å². The minimum atomic E-state index is -0.0653. The summed E-state index contributed by atoms with van der Waals surface area (Å²) < 4.78 is 13.5. The van der Waals surface area contributed by atoms with Crippen molar-refractivity contribution in [1.29, 1.82) is 0 Å². The summed E-state index contributed by atoms with van der Waals surface area (Å²) in [6, 6.07) is 7.94. The third-order valence-corrected chi connectivity index (χ3v) is 4.09. The molecule has 0 unspecified atom stereocenters. The molecular weight excluding hydrogens is 306 g/mol. The van der Waals surface area contributed by atoms with Gasteiger partial charge in [0, 0.05) is 37.4 Å². The van der Waals surface area contributed by atoms with Crippen LogP contribution in [0.3, 0.4) is 0 Å². The first-order chi connectivity index (χ1) is 11.8. The van der Waals surface area contributed by atoms with E-state index in [4.69, 9.17) is 9.47 Å². The number of amides is 1. The lowest BCUT2D eigenvalue weighted by atomic mass is 10.3. The van der Waals surface area contributed by atoms with Crippen LogP contribution in [-0.2, 0) is 34.0 Å². The van der Waals surface area contributed by atoms with Crippen molar-refractivity contribution in [3.8, 4) is 0 Å². The summed E-state index contributed by atoms with van der Waals surface area (Å²) >= 11 is 0. The Labute approximate surface area is 142 Å². The molecular formula is C18H23N3O3. The Morgan fingerprint density at radius 2 is 2.25 bits per heavy atom. The van der Waals surface area contributed by atoms with E-state index in [-0.39, 0.29) is 18.6 Å². The lowest BCUT2D eigenvalue weighted by Crippen LogP contribution is -2.39. The first-order valence-electron chi connectivity index (χ1n) is 8.26. The van der Waals surface area contributed by atoms with Crippen molar-refractivity contribution in [3.05, 3.63) is 54.1 Å². The quantitative estimate of drug-likeness (QED) is 0.811. The molecule has 6 nitrogen and oxygen atoms in total. The summed E-state index contributed by atoms with van der Waals surface area (Å²) in [4.78, 5) is 18.3. The molecule has 0 aliphatic carbocycles. The Morgan fingerprint density at radius 3 is 3.04 bits per heavy atom. The van der Waals surface area contributed by atoms with Crippen molar-refractivity contribution in [2.45, 2.75) is 32.7 Å². The highest BCUT2D eigenvalue weighted by molar-refractivity contribution is 5.77. The number of hydrogen-bond donors (Lipinski definition) is 0. The van der Waals surface area contributed by atoms with Crippen molar-refractivity contribution in [2.24, 2.45) is 0 Å². The van der Waals surface area contributed by atoms with E-state index in [0.29, 0.717) is 26.3 Å². The normalized spacial score (nSPS) is 17.4. The van der Waals surface area contributed by atoms with Crippen molar-refractivity contribution in [2.75, 3.05) is 19.8 Å². The number of pyridine rings is 1. The Kier molecular flexibility index (Phi) is 5.61. The summed E-state index contributed by atoms with van der Waals surface area (Å²) in [5, 5.41) is 0. The first-order valence-corrected chi connectivity index (χ1v) is 8.26.